The van der Waals surface area contributed by atoms with E-state index in [1.807, 2.05) is 12.2 Å². The van der Waals surface area contributed by atoms with Gasteiger partial charge in [-0.05, 0) is 73.7 Å². The Hall–Kier alpha value is -0.850. The monoisotopic (exact) mass is 256 g/mol. The molecule has 4 saturated carbocycles. The third-order valence-corrected chi connectivity index (χ3v) is 6.75. The molecule has 5 rings (SSSR count). The largest absolute Gasteiger partial charge is 0.294 e. The third-order valence-electron chi connectivity index (χ3n) is 6.75. The van der Waals surface area contributed by atoms with Crippen LogP contribution in [0.2, 0.25) is 0 Å². The lowest BCUT2D eigenvalue weighted by Gasteiger charge is -2.65. The minimum atomic E-state index is -0.172. The van der Waals surface area contributed by atoms with Crippen LogP contribution in [-0.4, -0.2) is 5.78 Å². The predicted octanol–water partition coefficient (Wildman–Crippen LogP) is 4.15. The minimum absolute atomic E-state index is 0.172. The third kappa shape index (κ3) is 1.39. The lowest BCUT2D eigenvalue weighted by molar-refractivity contribution is -0.157. The molecule has 0 aromatic rings. The van der Waals surface area contributed by atoms with Gasteiger partial charge < -0.3 is 0 Å². The van der Waals surface area contributed by atoms with E-state index >= 15 is 0 Å². The summed E-state index contributed by atoms with van der Waals surface area (Å²) < 4.78 is 0. The van der Waals surface area contributed by atoms with Crippen molar-refractivity contribution < 1.29 is 4.79 Å². The summed E-state index contributed by atoms with van der Waals surface area (Å²) in [5.74, 6) is 3.63. The van der Waals surface area contributed by atoms with Crippen molar-refractivity contribution in [2.45, 2.75) is 45.4 Å². The normalized spacial score (nSPS) is 54.3. The van der Waals surface area contributed by atoms with Crippen molar-refractivity contribution in [3.05, 3.63) is 24.8 Å². The fourth-order valence-corrected chi connectivity index (χ4v) is 6.61. The summed E-state index contributed by atoms with van der Waals surface area (Å²) in [5.41, 5.74) is 0.189. The smallest absolute Gasteiger partial charge is 0.161 e. The van der Waals surface area contributed by atoms with E-state index in [-0.39, 0.29) is 5.41 Å². The quantitative estimate of drug-likeness (QED) is 0.678. The summed E-state index contributed by atoms with van der Waals surface area (Å²) in [6.45, 7) is 6.13. The Bertz CT molecular complexity index is 460. The lowest BCUT2D eigenvalue weighted by atomic mass is 9.38. The van der Waals surface area contributed by atoms with Crippen LogP contribution in [-0.2, 0) is 4.79 Å². The zero-order chi connectivity index (χ0) is 13.3. The van der Waals surface area contributed by atoms with E-state index in [1.54, 1.807) is 0 Å². The van der Waals surface area contributed by atoms with Crippen LogP contribution in [0.3, 0.4) is 0 Å². The zero-order valence-electron chi connectivity index (χ0n) is 11.9. The van der Waals surface area contributed by atoms with Gasteiger partial charge in [-0.15, -0.1) is 6.58 Å². The van der Waals surface area contributed by atoms with Crippen LogP contribution in [0, 0.1) is 34.5 Å². The summed E-state index contributed by atoms with van der Waals surface area (Å²) in [7, 11) is 0. The van der Waals surface area contributed by atoms with Crippen LogP contribution in [0.5, 0.6) is 0 Å². The van der Waals surface area contributed by atoms with Gasteiger partial charge in [0.1, 0.15) is 0 Å². The number of rotatable bonds is 2. The Balaban J connectivity index is 1.84. The van der Waals surface area contributed by atoms with E-state index in [2.05, 4.69) is 19.6 Å². The van der Waals surface area contributed by atoms with Crippen LogP contribution < -0.4 is 0 Å². The summed E-state index contributed by atoms with van der Waals surface area (Å²) in [6.07, 6.45) is 14.0. The summed E-state index contributed by atoms with van der Waals surface area (Å²) >= 11 is 0. The van der Waals surface area contributed by atoms with Gasteiger partial charge in [-0.25, -0.2) is 0 Å². The van der Waals surface area contributed by atoms with Crippen molar-refractivity contribution in [3.63, 3.8) is 0 Å². The molecule has 5 aliphatic carbocycles. The Morgan fingerprint density at radius 2 is 2.00 bits per heavy atom. The first-order chi connectivity index (χ1) is 9.07. The average Bonchev–Trinajstić information content (AvgIpc) is 2.33. The molecule has 1 heteroatoms. The molecule has 1 spiro atoms. The molecule has 4 fully saturated rings. The van der Waals surface area contributed by atoms with Crippen molar-refractivity contribution in [1.29, 1.82) is 0 Å². The highest BCUT2D eigenvalue weighted by molar-refractivity contribution is 5.96. The second kappa shape index (κ2) is 3.62. The maximum atomic E-state index is 12.5. The van der Waals surface area contributed by atoms with Gasteiger partial charge in [0, 0.05) is 5.41 Å². The molecule has 4 bridgehead atoms. The number of allylic oxidation sites excluding steroid dienone is 3. The fourth-order valence-electron chi connectivity index (χ4n) is 6.61. The highest BCUT2D eigenvalue weighted by Crippen LogP contribution is 2.69. The Morgan fingerprint density at radius 1 is 1.32 bits per heavy atom. The predicted molar refractivity (Wildman–Crippen MR) is 76.5 cm³/mol. The highest BCUT2D eigenvalue weighted by Gasteiger charge is 2.63. The molecule has 4 atom stereocenters. The Morgan fingerprint density at radius 3 is 2.63 bits per heavy atom. The average molecular weight is 256 g/mol. The zero-order valence-corrected chi connectivity index (χ0v) is 11.9. The molecule has 0 amide bonds. The molecule has 0 N–H and O–H groups in total. The second-order valence-corrected chi connectivity index (χ2v) is 7.93. The molecule has 0 aromatic carbocycles. The molecular formula is C18H24O. The molecular weight excluding hydrogens is 232 g/mol. The van der Waals surface area contributed by atoms with E-state index in [4.69, 9.17) is 0 Å². The number of hydrogen-bond donors (Lipinski definition) is 0. The van der Waals surface area contributed by atoms with Gasteiger partial charge in [0.25, 0.3) is 0 Å². The van der Waals surface area contributed by atoms with Gasteiger partial charge in [-0.1, -0.05) is 19.1 Å². The van der Waals surface area contributed by atoms with E-state index in [1.165, 1.54) is 32.1 Å². The van der Waals surface area contributed by atoms with Crippen molar-refractivity contribution in [1.82, 2.24) is 0 Å². The van der Waals surface area contributed by atoms with Gasteiger partial charge >= 0.3 is 0 Å². The fraction of sp³-hybridized carbons (Fsp3) is 0.722. The van der Waals surface area contributed by atoms with Crippen LogP contribution in [0.15, 0.2) is 24.8 Å². The topological polar surface area (TPSA) is 17.1 Å². The first-order valence-electron chi connectivity index (χ1n) is 7.92. The minimum Gasteiger partial charge on any atom is -0.294 e. The molecule has 0 heterocycles. The Labute approximate surface area is 116 Å². The molecule has 5 aliphatic rings. The summed E-state index contributed by atoms with van der Waals surface area (Å²) in [5, 5.41) is 0. The van der Waals surface area contributed by atoms with Crippen LogP contribution in [0.25, 0.3) is 0 Å². The standard InChI is InChI=1S/C18H24O/c1-3-5-17(2)15(19)4-6-18-10-12-7-13(11-18)9-14(8-12)16(17)18/h3-4,6,12-14,16H,1,5,7-11H2,2H3/t12?,13?,14?,16?,17-,18?/m0/s1. The number of carbonyl (C=O) groups excluding carboxylic acids is 1. The van der Waals surface area contributed by atoms with Crippen molar-refractivity contribution >= 4 is 5.78 Å². The SMILES string of the molecule is C=CC[C@@]1(C)C(=O)C=CC23CC4CC(CC(C4)C21)C3. The second-order valence-electron chi connectivity index (χ2n) is 7.93. The molecule has 0 aromatic heterocycles. The van der Waals surface area contributed by atoms with Gasteiger partial charge in [-0.2, -0.15) is 0 Å². The first-order valence-corrected chi connectivity index (χ1v) is 7.92. The van der Waals surface area contributed by atoms with Crippen molar-refractivity contribution in [3.8, 4) is 0 Å². The molecule has 0 saturated heterocycles. The number of carbonyl (C=O) groups is 1. The molecule has 1 nitrogen and oxygen atoms in total. The van der Waals surface area contributed by atoms with Gasteiger partial charge in [0.05, 0.1) is 0 Å². The first kappa shape index (κ1) is 11.9. The number of hydrogen-bond acceptors (Lipinski definition) is 1. The van der Waals surface area contributed by atoms with Crippen molar-refractivity contribution in [2.24, 2.45) is 34.5 Å². The molecule has 0 aliphatic heterocycles. The van der Waals surface area contributed by atoms with Gasteiger partial charge in [-0.3, -0.25) is 4.79 Å². The lowest BCUT2D eigenvalue weighted by Crippen LogP contribution is -2.60. The van der Waals surface area contributed by atoms with Gasteiger partial charge in [0.2, 0.25) is 0 Å². The number of ketones is 1. The van der Waals surface area contributed by atoms with Crippen LogP contribution in [0.4, 0.5) is 0 Å². The molecule has 3 unspecified atom stereocenters. The maximum Gasteiger partial charge on any atom is 0.161 e. The van der Waals surface area contributed by atoms with E-state index in [0.717, 1.165) is 24.2 Å². The molecule has 19 heavy (non-hydrogen) atoms. The highest BCUT2D eigenvalue weighted by atomic mass is 16.1. The van der Waals surface area contributed by atoms with Gasteiger partial charge in [0.15, 0.2) is 5.78 Å². The van der Waals surface area contributed by atoms with E-state index < -0.39 is 0 Å². The molecule has 0 radical (unpaired) electrons. The van der Waals surface area contributed by atoms with Crippen molar-refractivity contribution in [2.75, 3.05) is 0 Å². The Kier molecular flexibility index (Phi) is 2.27. The van der Waals surface area contributed by atoms with Crippen LogP contribution >= 0.6 is 0 Å². The summed E-state index contributed by atoms with van der Waals surface area (Å²) in [4.78, 5) is 12.5. The summed E-state index contributed by atoms with van der Waals surface area (Å²) in [6, 6.07) is 0. The van der Waals surface area contributed by atoms with E-state index in [0.29, 0.717) is 17.1 Å². The van der Waals surface area contributed by atoms with Crippen LogP contribution in [0.1, 0.15) is 45.4 Å². The van der Waals surface area contributed by atoms with E-state index in [9.17, 15) is 4.79 Å². The maximum absolute atomic E-state index is 12.5. The molecule has 102 valence electrons.